The molecule has 2 aromatic rings. The van der Waals surface area contributed by atoms with Gasteiger partial charge in [0.15, 0.2) is 0 Å². The highest BCUT2D eigenvalue weighted by Crippen LogP contribution is 2.18. The minimum atomic E-state index is 0.629. The zero-order valence-corrected chi connectivity index (χ0v) is 9.88. The van der Waals surface area contributed by atoms with Gasteiger partial charge in [-0.25, -0.2) is 4.68 Å². The highest BCUT2D eigenvalue weighted by atomic mass is 79.9. The third-order valence-electron chi connectivity index (χ3n) is 1.86. The van der Waals surface area contributed by atoms with Gasteiger partial charge in [-0.15, -0.1) is 0 Å². The minimum Gasteiger partial charge on any atom is -0.222 e. The lowest BCUT2D eigenvalue weighted by molar-refractivity contribution is 0.863. The summed E-state index contributed by atoms with van der Waals surface area (Å²) in [7, 11) is 0. The summed E-state index contributed by atoms with van der Waals surface area (Å²) in [5, 5.41) is 4.91. The van der Waals surface area contributed by atoms with Gasteiger partial charge in [0.25, 0.3) is 0 Å². The van der Waals surface area contributed by atoms with Gasteiger partial charge < -0.3 is 0 Å². The Balaban J connectivity index is 2.49. The molecule has 0 aliphatic carbocycles. The summed E-state index contributed by atoms with van der Waals surface area (Å²) in [6.07, 6.45) is 0. The predicted octanol–water partition coefficient (Wildman–Crippen LogP) is 3.60. The fourth-order valence-corrected chi connectivity index (χ4v) is 1.79. The first-order valence-corrected chi connectivity index (χ1v) is 5.32. The maximum Gasteiger partial charge on any atom is 0.133 e. The second-order valence-corrected chi connectivity index (χ2v) is 4.30. The van der Waals surface area contributed by atoms with E-state index in [4.69, 9.17) is 11.6 Å². The lowest BCUT2D eigenvalue weighted by atomic mass is 10.3. The average Bonchev–Trinajstić information content (AvgIpc) is 2.47. The van der Waals surface area contributed by atoms with Gasteiger partial charge in [0, 0.05) is 4.47 Å². The van der Waals surface area contributed by atoms with Crippen molar-refractivity contribution in [2.24, 2.45) is 0 Å². The van der Waals surface area contributed by atoms with Gasteiger partial charge >= 0.3 is 0 Å². The summed E-state index contributed by atoms with van der Waals surface area (Å²) in [4.78, 5) is 0. The smallest absolute Gasteiger partial charge is 0.133 e. The van der Waals surface area contributed by atoms with E-state index >= 15 is 0 Å². The van der Waals surface area contributed by atoms with Crippen LogP contribution in [0, 0.1) is 6.92 Å². The molecule has 0 atom stereocenters. The van der Waals surface area contributed by atoms with Crippen LogP contribution < -0.4 is 0 Å². The summed E-state index contributed by atoms with van der Waals surface area (Å²) >= 11 is 9.39. The largest absolute Gasteiger partial charge is 0.222 e. The molecule has 0 fully saturated rings. The van der Waals surface area contributed by atoms with Gasteiger partial charge in [0.2, 0.25) is 0 Å². The number of aryl methyl sites for hydroxylation is 1. The Morgan fingerprint density at radius 2 is 1.93 bits per heavy atom. The van der Waals surface area contributed by atoms with Crippen molar-refractivity contribution in [1.82, 2.24) is 9.78 Å². The zero-order valence-electron chi connectivity index (χ0n) is 7.54. The van der Waals surface area contributed by atoms with Crippen molar-refractivity contribution in [3.05, 3.63) is 45.7 Å². The van der Waals surface area contributed by atoms with E-state index in [-0.39, 0.29) is 0 Å². The van der Waals surface area contributed by atoms with Crippen LogP contribution in [0.5, 0.6) is 0 Å². The topological polar surface area (TPSA) is 17.8 Å². The second kappa shape index (κ2) is 3.75. The maximum absolute atomic E-state index is 6.01. The number of hydrogen-bond donors (Lipinski definition) is 0. The standard InChI is InChI=1S/C10H8BrClN2/c1-7-6-10(12)14(13-7)9-4-2-8(11)3-5-9/h2-6H,1H3. The van der Waals surface area contributed by atoms with E-state index in [9.17, 15) is 0 Å². The molecule has 1 aromatic carbocycles. The first kappa shape index (κ1) is 9.74. The fourth-order valence-electron chi connectivity index (χ4n) is 1.23. The predicted molar refractivity (Wildman–Crippen MR) is 61.0 cm³/mol. The van der Waals surface area contributed by atoms with Crippen molar-refractivity contribution in [1.29, 1.82) is 0 Å². The van der Waals surface area contributed by atoms with E-state index in [0.29, 0.717) is 5.15 Å². The first-order valence-electron chi connectivity index (χ1n) is 4.15. The summed E-state index contributed by atoms with van der Waals surface area (Å²) in [5.41, 5.74) is 1.88. The van der Waals surface area contributed by atoms with E-state index in [1.54, 1.807) is 4.68 Å². The molecule has 0 radical (unpaired) electrons. The number of rotatable bonds is 1. The van der Waals surface area contributed by atoms with Gasteiger partial charge in [-0.1, -0.05) is 27.5 Å². The molecule has 4 heteroatoms. The lowest BCUT2D eigenvalue weighted by Gasteiger charge is -2.02. The van der Waals surface area contributed by atoms with Crippen LogP contribution in [0.25, 0.3) is 5.69 Å². The Kier molecular flexibility index (Phi) is 2.61. The van der Waals surface area contributed by atoms with Crippen LogP contribution in [0.15, 0.2) is 34.8 Å². The van der Waals surface area contributed by atoms with Gasteiger partial charge in [-0.05, 0) is 37.3 Å². The minimum absolute atomic E-state index is 0.629. The summed E-state index contributed by atoms with van der Waals surface area (Å²) in [6.45, 7) is 1.92. The SMILES string of the molecule is Cc1cc(Cl)n(-c2ccc(Br)cc2)n1. The van der Waals surface area contributed by atoms with Gasteiger partial charge in [0.1, 0.15) is 5.15 Å². The van der Waals surface area contributed by atoms with Gasteiger partial charge in [-0.3, -0.25) is 0 Å². The van der Waals surface area contributed by atoms with Crippen molar-refractivity contribution in [3.8, 4) is 5.69 Å². The van der Waals surface area contributed by atoms with E-state index in [1.807, 2.05) is 37.3 Å². The Hall–Kier alpha value is -0.800. The Morgan fingerprint density at radius 1 is 1.29 bits per heavy atom. The van der Waals surface area contributed by atoms with Crippen molar-refractivity contribution in [2.45, 2.75) is 6.92 Å². The Labute approximate surface area is 95.6 Å². The first-order chi connectivity index (χ1) is 6.66. The molecule has 0 amide bonds. The highest BCUT2D eigenvalue weighted by molar-refractivity contribution is 9.10. The number of nitrogens with zero attached hydrogens (tertiary/aromatic N) is 2. The zero-order chi connectivity index (χ0) is 10.1. The molecule has 0 spiro atoms. The summed E-state index contributed by atoms with van der Waals surface area (Å²) in [5.74, 6) is 0. The van der Waals surface area contributed by atoms with Crippen molar-refractivity contribution in [3.63, 3.8) is 0 Å². The third kappa shape index (κ3) is 1.83. The highest BCUT2D eigenvalue weighted by Gasteiger charge is 2.04. The summed E-state index contributed by atoms with van der Waals surface area (Å²) < 4.78 is 2.75. The second-order valence-electron chi connectivity index (χ2n) is 3.00. The molecule has 0 unspecified atom stereocenters. The molecule has 0 saturated carbocycles. The normalized spacial score (nSPS) is 10.5. The van der Waals surface area contributed by atoms with Gasteiger partial charge in [-0.2, -0.15) is 5.10 Å². The molecule has 1 aromatic heterocycles. The molecular formula is C10H8BrClN2. The van der Waals surface area contributed by atoms with E-state index in [1.165, 1.54) is 0 Å². The molecular weight excluding hydrogens is 263 g/mol. The average molecular weight is 272 g/mol. The third-order valence-corrected chi connectivity index (χ3v) is 2.66. The lowest BCUT2D eigenvalue weighted by Crippen LogP contribution is -1.95. The van der Waals surface area contributed by atoms with Crippen molar-refractivity contribution < 1.29 is 0 Å². The number of hydrogen-bond acceptors (Lipinski definition) is 1. The molecule has 0 saturated heterocycles. The van der Waals surface area contributed by atoms with E-state index < -0.39 is 0 Å². The van der Waals surface area contributed by atoms with Crippen LogP contribution in [-0.2, 0) is 0 Å². The van der Waals surface area contributed by atoms with Gasteiger partial charge in [0.05, 0.1) is 11.4 Å². The molecule has 1 heterocycles. The van der Waals surface area contributed by atoms with E-state index in [0.717, 1.165) is 15.9 Å². The molecule has 2 rings (SSSR count). The molecule has 14 heavy (non-hydrogen) atoms. The quantitative estimate of drug-likeness (QED) is 0.775. The van der Waals surface area contributed by atoms with Crippen LogP contribution in [0.2, 0.25) is 5.15 Å². The number of aromatic nitrogens is 2. The maximum atomic E-state index is 6.01. The Bertz CT molecular complexity index is 448. The molecule has 0 bridgehead atoms. The summed E-state index contributed by atoms with van der Waals surface area (Å²) in [6, 6.07) is 9.68. The number of halogens is 2. The molecule has 0 N–H and O–H groups in total. The molecule has 0 aliphatic heterocycles. The van der Waals surface area contributed by atoms with E-state index in [2.05, 4.69) is 21.0 Å². The molecule has 2 nitrogen and oxygen atoms in total. The number of benzene rings is 1. The van der Waals surface area contributed by atoms with Crippen molar-refractivity contribution in [2.75, 3.05) is 0 Å². The fraction of sp³-hybridized carbons (Fsp3) is 0.100. The Morgan fingerprint density at radius 3 is 2.43 bits per heavy atom. The van der Waals surface area contributed by atoms with Crippen LogP contribution in [0.1, 0.15) is 5.69 Å². The van der Waals surface area contributed by atoms with Crippen LogP contribution >= 0.6 is 27.5 Å². The van der Waals surface area contributed by atoms with Crippen LogP contribution in [-0.4, -0.2) is 9.78 Å². The molecule has 0 aliphatic rings. The molecule has 72 valence electrons. The van der Waals surface area contributed by atoms with Crippen LogP contribution in [0.4, 0.5) is 0 Å². The van der Waals surface area contributed by atoms with Crippen LogP contribution in [0.3, 0.4) is 0 Å². The monoisotopic (exact) mass is 270 g/mol. The van der Waals surface area contributed by atoms with Crippen molar-refractivity contribution >= 4 is 27.5 Å².